The summed E-state index contributed by atoms with van der Waals surface area (Å²) in [6.07, 6.45) is 0.449. The van der Waals surface area contributed by atoms with Crippen molar-refractivity contribution in [1.82, 2.24) is 9.80 Å². The molecule has 0 N–H and O–H groups in total. The number of carbonyl (C=O) groups excluding carboxylic acids is 1. The third-order valence-electron chi connectivity index (χ3n) is 5.30. The summed E-state index contributed by atoms with van der Waals surface area (Å²) in [5.74, 6) is 0.173. The molecule has 3 aromatic rings. The second-order valence-electron chi connectivity index (χ2n) is 7.41. The number of piperazine rings is 1. The Bertz CT molecular complexity index is 1030. The monoisotopic (exact) mass is 376 g/mol. The molecule has 0 atom stereocenters. The van der Waals surface area contributed by atoms with Crippen LogP contribution >= 0.6 is 0 Å². The number of aryl methyl sites for hydroxylation is 1. The molecule has 2 heterocycles. The van der Waals surface area contributed by atoms with Crippen molar-refractivity contribution in [2.75, 3.05) is 26.2 Å². The Balaban J connectivity index is 1.40. The van der Waals surface area contributed by atoms with E-state index in [2.05, 4.69) is 4.90 Å². The van der Waals surface area contributed by atoms with Gasteiger partial charge in [-0.05, 0) is 29.7 Å². The van der Waals surface area contributed by atoms with Crippen LogP contribution in [-0.2, 0) is 17.8 Å². The zero-order valence-electron chi connectivity index (χ0n) is 16.1. The molecule has 4 rings (SSSR count). The van der Waals surface area contributed by atoms with E-state index in [4.69, 9.17) is 4.42 Å². The van der Waals surface area contributed by atoms with Crippen LogP contribution in [0, 0.1) is 6.92 Å². The minimum Gasteiger partial charge on any atom is -0.423 e. The molecule has 1 aliphatic heterocycles. The van der Waals surface area contributed by atoms with Crippen molar-refractivity contribution < 1.29 is 9.21 Å². The SMILES string of the molecule is Cc1ccc2c(CN3CCN(C(=O)Cc4ccccc4)CC3)cc(=O)oc2c1. The van der Waals surface area contributed by atoms with Crippen LogP contribution in [0.5, 0.6) is 0 Å². The van der Waals surface area contributed by atoms with Crippen molar-refractivity contribution >= 4 is 16.9 Å². The maximum Gasteiger partial charge on any atom is 0.336 e. The van der Waals surface area contributed by atoms with E-state index in [-0.39, 0.29) is 11.5 Å². The van der Waals surface area contributed by atoms with E-state index >= 15 is 0 Å². The molecule has 1 aliphatic rings. The summed E-state index contributed by atoms with van der Waals surface area (Å²) in [7, 11) is 0. The molecule has 2 aromatic carbocycles. The maximum absolute atomic E-state index is 12.5. The standard InChI is InChI=1S/C23H24N2O3/c1-17-7-8-20-19(15-23(27)28-21(20)13-17)16-24-9-11-25(12-10-24)22(26)14-18-5-3-2-4-6-18/h2-8,13,15H,9-12,14,16H2,1H3. The molecule has 0 radical (unpaired) electrons. The highest BCUT2D eigenvalue weighted by molar-refractivity contribution is 5.81. The molecule has 1 fully saturated rings. The van der Waals surface area contributed by atoms with Crippen LogP contribution in [0.25, 0.3) is 11.0 Å². The molecular formula is C23H24N2O3. The minimum absolute atomic E-state index is 0.173. The molecular weight excluding hydrogens is 352 g/mol. The van der Waals surface area contributed by atoms with Gasteiger partial charge in [-0.25, -0.2) is 4.79 Å². The summed E-state index contributed by atoms with van der Waals surface area (Å²) >= 11 is 0. The first-order valence-corrected chi connectivity index (χ1v) is 9.66. The lowest BCUT2D eigenvalue weighted by atomic mass is 10.1. The zero-order valence-corrected chi connectivity index (χ0v) is 16.1. The number of rotatable bonds is 4. The van der Waals surface area contributed by atoms with Gasteiger partial charge < -0.3 is 9.32 Å². The highest BCUT2D eigenvalue weighted by Crippen LogP contribution is 2.20. The van der Waals surface area contributed by atoms with Crippen LogP contribution in [0.2, 0.25) is 0 Å². The van der Waals surface area contributed by atoms with E-state index < -0.39 is 0 Å². The number of benzene rings is 2. The van der Waals surface area contributed by atoms with Gasteiger partial charge in [-0.15, -0.1) is 0 Å². The van der Waals surface area contributed by atoms with Gasteiger partial charge in [-0.1, -0.05) is 42.5 Å². The number of hydrogen-bond acceptors (Lipinski definition) is 4. The second kappa shape index (κ2) is 7.98. The molecule has 0 unspecified atom stereocenters. The lowest BCUT2D eigenvalue weighted by molar-refractivity contribution is -0.132. The van der Waals surface area contributed by atoms with Gasteiger partial charge in [-0.2, -0.15) is 0 Å². The number of hydrogen-bond donors (Lipinski definition) is 0. The van der Waals surface area contributed by atoms with Gasteiger partial charge in [0.15, 0.2) is 0 Å². The van der Waals surface area contributed by atoms with Crippen molar-refractivity contribution in [2.24, 2.45) is 0 Å². The fourth-order valence-corrected chi connectivity index (χ4v) is 3.75. The van der Waals surface area contributed by atoms with E-state index in [1.807, 2.05) is 60.4 Å². The normalized spacial score (nSPS) is 15.1. The van der Waals surface area contributed by atoms with E-state index in [1.165, 1.54) is 0 Å². The summed E-state index contributed by atoms with van der Waals surface area (Å²) < 4.78 is 5.35. The Morgan fingerprint density at radius 2 is 1.75 bits per heavy atom. The Labute approximate surface area is 164 Å². The van der Waals surface area contributed by atoms with Gasteiger partial charge in [0.05, 0.1) is 6.42 Å². The number of amides is 1. The quantitative estimate of drug-likeness (QED) is 0.657. The average Bonchev–Trinajstić information content (AvgIpc) is 2.69. The molecule has 1 amide bonds. The Morgan fingerprint density at radius 3 is 2.50 bits per heavy atom. The number of carbonyl (C=O) groups is 1. The van der Waals surface area contributed by atoms with Crippen molar-refractivity contribution in [2.45, 2.75) is 19.9 Å². The zero-order chi connectivity index (χ0) is 19.5. The van der Waals surface area contributed by atoms with Crippen LogP contribution in [0.1, 0.15) is 16.7 Å². The number of fused-ring (bicyclic) bond motifs is 1. The van der Waals surface area contributed by atoms with Crippen molar-refractivity contribution in [3.63, 3.8) is 0 Å². The highest BCUT2D eigenvalue weighted by atomic mass is 16.4. The first-order chi connectivity index (χ1) is 13.6. The van der Waals surface area contributed by atoms with Gasteiger partial charge in [0.25, 0.3) is 0 Å². The molecule has 144 valence electrons. The van der Waals surface area contributed by atoms with Crippen LogP contribution in [-0.4, -0.2) is 41.9 Å². The number of nitrogens with zero attached hydrogens (tertiary/aromatic N) is 2. The van der Waals surface area contributed by atoms with Gasteiger partial charge in [0.1, 0.15) is 5.58 Å². The van der Waals surface area contributed by atoms with Crippen molar-refractivity contribution in [3.05, 3.63) is 81.7 Å². The van der Waals surface area contributed by atoms with E-state index in [0.29, 0.717) is 31.6 Å². The van der Waals surface area contributed by atoms with Gasteiger partial charge in [-0.3, -0.25) is 9.69 Å². The van der Waals surface area contributed by atoms with Gasteiger partial charge in [0, 0.05) is 44.2 Å². The third kappa shape index (κ3) is 4.15. The third-order valence-corrected chi connectivity index (χ3v) is 5.30. The van der Waals surface area contributed by atoms with Crippen molar-refractivity contribution in [3.8, 4) is 0 Å². The van der Waals surface area contributed by atoms with Crippen LogP contribution < -0.4 is 5.63 Å². The fourth-order valence-electron chi connectivity index (χ4n) is 3.75. The van der Waals surface area contributed by atoms with Crippen LogP contribution in [0.3, 0.4) is 0 Å². The van der Waals surface area contributed by atoms with Gasteiger partial charge in [0.2, 0.25) is 5.91 Å². The Kier molecular flexibility index (Phi) is 5.26. The van der Waals surface area contributed by atoms with E-state index in [9.17, 15) is 9.59 Å². The first kappa shape index (κ1) is 18.4. The molecule has 0 spiro atoms. The lowest BCUT2D eigenvalue weighted by Gasteiger charge is -2.35. The predicted molar refractivity (Wildman–Crippen MR) is 109 cm³/mol. The van der Waals surface area contributed by atoms with E-state index in [0.717, 1.165) is 35.2 Å². The molecule has 1 aromatic heterocycles. The molecule has 0 bridgehead atoms. The lowest BCUT2D eigenvalue weighted by Crippen LogP contribution is -2.48. The Hall–Kier alpha value is -2.92. The topological polar surface area (TPSA) is 53.8 Å². The predicted octanol–water partition coefficient (Wildman–Crippen LogP) is 2.99. The van der Waals surface area contributed by atoms with Crippen molar-refractivity contribution in [1.29, 1.82) is 0 Å². The van der Waals surface area contributed by atoms with E-state index in [1.54, 1.807) is 6.07 Å². The summed E-state index contributed by atoms with van der Waals surface area (Å²) in [5.41, 5.74) is 3.42. The van der Waals surface area contributed by atoms with Crippen LogP contribution in [0.4, 0.5) is 0 Å². The molecule has 28 heavy (non-hydrogen) atoms. The second-order valence-corrected chi connectivity index (χ2v) is 7.41. The average molecular weight is 376 g/mol. The first-order valence-electron chi connectivity index (χ1n) is 9.66. The minimum atomic E-state index is -0.315. The molecule has 5 heteroatoms. The Morgan fingerprint density at radius 1 is 1.00 bits per heavy atom. The molecule has 5 nitrogen and oxygen atoms in total. The summed E-state index contributed by atoms with van der Waals surface area (Å²) in [4.78, 5) is 28.7. The molecule has 0 aliphatic carbocycles. The summed E-state index contributed by atoms with van der Waals surface area (Å²) in [6, 6.07) is 17.4. The summed E-state index contributed by atoms with van der Waals surface area (Å²) in [5, 5.41) is 0.979. The van der Waals surface area contributed by atoms with Crippen LogP contribution in [0.15, 0.2) is 63.8 Å². The molecule has 0 saturated carbocycles. The fraction of sp³-hybridized carbons (Fsp3) is 0.304. The summed E-state index contributed by atoms with van der Waals surface area (Å²) in [6.45, 7) is 5.69. The maximum atomic E-state index is 12.5. The highest BCUT2D eigenvalue weighted by Gasteiger charge is 2.22. The van der Waals surface area contributed by atoms with Gasteiger partial charge >= 0.3 is 5.63 Å². The largest absolute Gasteiger partial charge is 0.423 e. The molecule has 1 saturated heterocycles. The smallest absolute Gasteiger partial charge is 0.336 e.